The first-order valence-corrected chi connectivity index (χ1v) is 11.1. The molecule has 3 aromatic rings. The Hall–Kier alpha value is -4.63. The molecule has 6 nitrogen and oxygen atoms in total. The van der Waals surface area contributed by atoms with Gasteiger partial charge in [-0.3, -0.25) is 4.79 Å². The maximum Gasteiger partial charge on any atom is 0.343 e. The highest BCUT2D eigenvalue weighted by Crippen LogP contribution is 2.30. The van der Waals surface area contributed by atoms with Gasteiger partial charge < -0.3 is 14.8 Å². The first-order valence-electron chi connectivity index (χ1n) is 11.1. The van der Waals surface area contributed by atoms with Crippen molar-refractivity contribution < 1.29 is 19.1 Å². The van der Waals surface area contributed by atoms with Crippen molar-refractivity contribution in [2.75, 3.05) is 13.7 Å². The Balaban J connectivity index is 1.78. The van der Waals surface area contributed by atoms with Crippen molar-refractivity contribution in [2.24, 2.45) is 0 Å². The average molecular weight is 467 g/mol. The van der Waals surface area contributed by atoms with Crippen LogP contribution >= 0.6 is 0 Å². The van der Waals surface area contributed by atoms with Crippen LogP contribution in [-0.4, -0.2) is 25.5 Å². The fourth-order valence-electron chi connectivity index (χ4n) is 3.45. The second-order valence-corrected chi connectivity index (χ2v) is 7.61. The summed E-state index contributed by atoms with van der Waals surface area (Å²) in [5.74, 6) is -0.453. The monoisotopic (exact) mass is 466 g/mol. The van der Waals surface area contributed by atoms with Crippen LogP contribution in [0.1, 0.15) is 27.0 Å². The third-order valence-electron chi connectivity index (χ3n) is 5.24. The van der Waals surface area contributed by atoms with Crippen LogP contribution in [0.5, 0.6) is 11.5 Å². The number of hydrogen-bond donors (Lipinski definition) is 1. The minimum absolute atomic E-state index is 0.0639. The van der Waals surface area contributed by atoms with Gasteiger partial charge in [0.1, 0.15) is 11.6 Å². The highest BCUT2D eigenvalue weighted by atomic mass is 16.6. The molecule has 0 aliphatic rings. The zero-order valence-corrected chi connectivity index (χ0v) is 19.5. The number of carbonyl (C=O) groups is 2. The number of rotatable bonds is 10. The molecule has 0 saturated heterocycles. The molecule has 0 aliphatic carbocycles. The lowest BCUT2D eigenvalue weighted by Crippen LogP contribution is -2.24. The molecule has 3 rings (SSSR count). The number of carbonyl (C=O) groups excluding carboxylic acids is 2. The normalized spacial score (nSPS) is 10.7. The van der Waals surface area contributed by atoms with Crippen molar-refractivity contribution in [1.82, 2.24) is 5.32 Å². The van der Waals surface area contributed by atoms with Crippen LogP contribution in [-0.2, 0) is 17.6 Å². The van der Waals surface area contributed by atoms with Crippen molar-refractivity contribution in [2.45, 2.75) is 12.8 Å². The number of methoxy groups -OCH3 is 1. The van der Waals surface area contributed by atoms with Crippen molar-refractivity contribution in [3.8, 4) is 17.6 Å². The van der Waals surface area contributed by atoms with Crippen molar-refractivity contribution >= 4 is 18.0 Å². The third-order valence-corrected chi connectivity index (χ3v) is 5.24. The van der Waals surface area contributed by atoms with E-state index in [9.17, 15) is 14.9 Å². The number of ether oxygens (including phenoxy) is 2. The second kappa shape index (κ2) is 12.6. The largest absolute Gasteiger partial charge is 0.493 e. The molecule has 0 radical (unpaired) electrons. The first-order chi connectivity index (χ1) is 17.0. The Bertz CT molecular complexity index is 1270. The Morgan fingerprint density at radius 1 is 1.00 bits per heavy atom. The molecule has 0 heterocycles. The fourth-order valence-corrected chi connectivity index (χ4v) is 3.45. The molecule has 0 aromatic heterocycles. The molecule has 0 fully saturated rings. The van der Waals surface area contributed by atoms with E-state index in [0.29, 0.717) is 23.3 Å². The minimum atomic E-state index is -0.506. The molecule has 0 atom stereocenters. The number of nitriles is 1. The predicted octanol–water partition coefficient (Wildman–Crippen LogP) is 4.91. The van der Waals surface area contributed by atoms with E-state index in [0.717, 1.165) is 12.0 Å². The Morgan fingerprint density at radius 3 is 2.46 bits per heavy atom. The Labute approximate surface area is 205 Å². The Morgan fingerprint density at radius 2 is 1.74 bits per heavy atom. The van der Waals surface area contributed by atoms with E-state index >= 15 is 0 Å². The van der Waals surface area contributed by atoms with Gasteiger partial charge in [0.2, 0.25) is 0 Å². The quantitative estimate of drug-likeness (QED) is 0.151. The first kappa shape index (κ1) is 25.0. The van der Waals surface area contributed by atoms with Gasteiger partial charge in [0.05, 0.1) is 12.7 Å². The van der Waals surface area contributed by atoms with Crippen molar-refractivity contribution in [3.63, 3.8) is 0 Å². The molecule has 1 N–H and O–H groups in total. The number of nitrogens with one attached hydrogen (secondary N) is 1. The van der Waals surface area contributed by atoms with Gasteiger partial charge in [-0.05, 0) is 53.8 Å². The zero-order chi connectivity index (χ0) is 25.0. The standard InChI is InChI=1S/C29H26N2O4/c1-3-17-31-28(32)24(20-30)18-22-14-16-26(27(19-22)34-2)35-29(33)25-12-8-7-11-23(25)15-13-21-9-5-4-6-10-21/h3-12,14,16,18-19H,1,13,15,17H2,2H3,(H,31,32). The molecule has 1 amide bonds. The molecule has 0 spiro atoms. The summed E-state index contributed by atoms with van der Waals surface area (Å²) in [6, 6.07) is 24.1. The summed E-state index contributed by atoms with van der Waals surface area (Å²) in [6.07, 6.45) is 4.46. The van der Waals surface area contributed by atoms with Crippen LogP contribution in [0, 0.1) is 11.3 Å². The van der Waals surface area contributed by atoms with E-state index in [1.54, 1.807) is 30.3 Å². The highest BCUT2D eigenvalue weighted by molar-refractivity contribution is 6.01. The van der Waals surface area contributed by atoms with Gasteiger partial charge >= 0.3 is 5.97 Å². The summed E-state index contributed by atoms with van der Waals surface area (Å²) < 4.78 is 11.1. The molecule has 0 aliphatic heterocycles. The van der Waals surface area contributed by atoms with E-state index in [2.05, 4.69) is 24.0 Å². The van der Waals surface area contributed by atoms with Gasteiger partial charge in [0, 0.05) is 6.54 Å². The molecule has 3 aromatic carbocycles. The van der Waals surface area contributed by atoms with Gasteiger partial charge in [-0.15, -0.1) is 6.58 Å². The van der Waals surface area contributed by atoms with Gasteiger partial charge in [-0.1, -0.05) is 60.7 Å². The van der Waals surface area contributed by atoms with Crippen LogP contribution in [0.15, 0.2) is 91.0 Å². The molecule has 0 unspecified atom stereocenters. The summed E-state index contributed by atoms with van der Waals surface area (Å²) in [7, 11) is 1.45. The lowest BCUT2D eigenvalue weighted by atomic mass is 10.00. The highest BCUT2D eigenvalue weighted by Gasteiger charge is 2.17. The van der Waals surface area contributed by atoms with E-state index in [1.165, 1.54) is 24.8 Å². The fraction of sp³-hybridized carbons (Fsp3) is 0.138. The SMILES string of the molecule is C=CCNC(=O)C(C#N)=Cc1ccc(OC(=O)c2ccccc2CCc2ccccc2)c(OC)c1. The summed E-state index contributed by atoms with van der Waals surface area (Å²) in [5.41, 5.74) is 3.06. The number of amides is 1. The average Bonchev–Trinajstić information content (AvgIpc) is 2.90. The number of hydrogen-bond acceptors (Lipinski definition) is 5. The van der Waals surface area contributed by atoms with Crippen LogP contribution in [0.25, 0.3) is 6.08 Å². The van der Waals surface area contributed by atoms with Crippen LogP contribution in [0.3, 0.4) is 0 Å². The lowest BCUT2D eigenvalue weighted by molar-refractivity contribution is -0.116. The van der Waals surface area contributed by atoms with E-state index in [1.807, 2.05) is 36.4 Å². The number of benzene rings is 3. The molecule has 6 heteroatoms. The molecule has 0 saturated carbocycles. The summed E-state index contributed by atoms with van der Waals surface area (Å²) in [4.78, 5) is 25.1. The number of nitrogens with zero attached hydrogens (tertiary/aromatic N) is 1. The van der Waals surface area contributed by atoms with E-state index in [-0.39, 0.29) is 17.9 Å². The second-order valence-electron chi connectivity index (χ2n) is 7.61. The Kier molecular flexibility index (Phi) is 8.98. The summed E-state index contributed by atoms with van der Waals surface area (Å²) >= 11 is 0. The predicted molar refractivity (Wildman–Crippen MR) is 135 cm³/mol. The molecular formula is C29H26N2O4. The third kappa shape index (κ3) is 6.92. The van der Waals surface area contributed by atoms with Crippen molar-refractivity contribution in [1.29, 1.82) is 5.26 Å². The molecule has 35 heavy (non-hydrogen) atoms. The van der Waals surface area contributed by atoms with Gasteiger partial charge in [-0.2, -0.15) is 5.26 Å². The van der Waals surface area contributed by atoms with E-state index in [4.69, 9.17) is 9.47 Å². The van der Waals surface area contributed by atoms with Crippen LogP contribution in [0.2, 0.25) is 0 Å². The number of esters is 1. The summed E-state index contributed by atoms with van der Waals surface area (Å²) in [5, 5.41) is 11.9. The molecular weight excluding hydrogens is 440 g/mol. The maximum atomic E-state index is 13.0. The van der Waals surface area contributed by atoms with Crippen molar-refractivity contribution in [3.05, 3.63) is 113 Å². The lowest BCUT2D eigenvalue weighted by Gasteiger charge is -2.12. The molecule has 176 valence electrons. The van der Waals surface area contributed by atoms with Gasteiger partial charge in [-0.25, -0.2) is 4.79 Å². The van der Waals surface area contributed by atoms with E-state index < -0.39 is 11.9 Å². The maximum absolute atomic E-state index is 13.0. The van der Waals surface area contributed by atoms with Crippen LogP contribution < -0.4 is 14.8 Å². The number of aryl methyl sites for hydroxylation is 2. The zero-order valence-electron chi connectivity index (χ0n) is 19.5. The minimum Gasteiger partial charge on any atom is -0.493 e. The summed E-state index contributed by atoms with van der Waals surface area (Å²) in [6.45, 7) is 3.79. The van der Waals surface area contributed by atoms with Crippen LogP contribution in [0.4, 0.5) is 0 Å². The van der Waals surface area contributed by atoms with Gasteiger partial charge in [0.15, 0.2) is 11.5 Å². The molecule has 0 bridgehead atoms. The smallest absolute Gasteiger partial charge is 0.343 e. The topological polar surface area (TPSA) is 88.4 Å². The van der Waals surface area contributed by atoms with Gasteiger partial charge in [0.25, 0.3) is 5.91 Å².